The van der Waals surface area contributed by atoms with E-state index in [9.17, 15) is 0 Å². The van der Waals surface area contributed by atoms with Gasteiger partial charge in [-0.3, -0.25) is 0 Å². The average molecular weight is 280 g/mol. The Hall–Kier alpha value is -1.63. The molecule has 2 heterocycles. The maximum Gasteiger partial charge on any atom is 0.323 e. The van der Waals surface area contributed by atoms with Crippen molar-refractivity contribution in [3.8, 4) is 6.01 Å². The normalized spacial score (nSPS) is 16.6. The first-order chi connectivity index (χ1) is 9.62. The minimum atomic E-state index is 0.0481. The highest BCUT2D eigenvalue weighted by Gasteiger charge is 2.19. The molecule has 0 aromatic carbocycles. The summed E-state index contributed by atoms with van der Waals surface area (Å²) in [5.41, 5.74) is 0. The van der Waals surface area contributed by atoms with E-state index in [1.807, 2.05) is 13.8 Å². The van der Waals surface area contributed by atoms with E-state index in [0.29, 0.717) is 17.9 Å². The predicted molar refractivity (Wildman–Crippen MR) is 79.5 cm³/mol. The molecule has 1 fully saturated rings. The first kappa shape index (κ1) is 14.8. The smallest absolute Gasteiger partial charge is 0.323 e. The molecule has 1 aliphatic heterocycles. The summed E-state index contributed by atoms with van der Waals surface area (Å²) in [5.74, 6) is 1.24. The summed E-state index contributed by atoms with van der Waals surface area (Å²) in [4.78, 5) is 17.7. The van der Waals surface area contributed by atoms with E-state index >= 15 is 0 Å². The molecule has 112 valence electrons. The molecule has 0 aliphatic carbocycles. The second-order valence-corrected chi connectivity index (χ2v) is 5.08. The van der Waals surface area contributed by atoms with Gasteiger partial charge in [-0.15, -0.1) is 0 Å². The zero-order valence-electron chi connectivity index (χ0n) is 12.8. The monoisotopic (exact) mass is 280 g/mol. The van der Waals surface area contributed by atoms with Crippen molar-refractivity contribution in [1.82, 2.24) is 19.9 Å². The average Bonchev–Trinajstić information content (AvgIpc) is 2.46. The number of rotatable bonds is 5. The van der Waals surface area contributed by atoms with Crippen LogP contribution < -0.4 is 15.0 Å². The van der Waals surface area contributed by atoms with Gasteiger partial charge < -0.3 is 19.9 Å². The number of nitrogens with one attached hydrogen (secondary N) is 1. The van der Waals surface area contributed by atoms with Crippen molar-refractivity contribution in [3.63, 3.8) is 0 Å². The van der Waals surface area contributed by atoms with Crippen molar-refractivity contribution in [2.24, 2.45) is 0 Å². The van der Waals surface area contributed by atoms with Crippen molar-refractivity contribution < 1.29 is 4.74 Å². The maximum atomic E-state index is 5.59. The lowest BCUT2D eigenvalue weighted by molar-refractivity contribution is 0.221. The minimum absolute atomic E-state index is 0.0481. The van der Waals surface area contributed by atoms with Crippen LogP contribution in [0.5, 0.6) is 6.01 Å². The first-order valence-electron chi connectivity index (χ1n) is 7.20. The van der Waals surface area contributed by atoms with Gasteiger partial charge in [-0.05, 0) is 20.4 Å². The van der Waals surface area contributed by atoms with Crippen LogP contribution in [-0.4, -0.2) is 65.7 Å². The van der Waals surface area contributed by atoms with Crippen LogP contribution >= 0.6 is 0 Å². The van der Waals surface area contributed by atoms with E-state index in [4.69, 9.17) is 4.74 Å². The standard InChI is InChI=1S/C13H24N6O/c1-5-18-6-8-19(9-7-18)12-15-11(14-4)16-13(17-12)20-10(2)3/h10H,5-9H2,1-4H3,(H,14,15,16,17). The Kier molecular flexibility index (Phi) is 4.94. The Balaban J connectivity index is 2.14. The Labute approximate surface area is 120 Å². The molecular formula is C13H24N6O. The van der Waals surface area contributed by atoms with Crippen LogP contribution in [0.1, 0.15) is 20.8 Å². The van der Waals surface area contributed by atoms with Gasteiger partial charge in [0.25, 0.3) is 0 Å². The van der Waals surface area contributed by atoms with Crippen LogP contribution in [0.15, 0.2) is 0 Å². The Morgan fingerprint density at radius 1 is 1.15 bits per heavy atom. The van der Waals surface area contributed by atoms with Gasteiger partial charge >= 0.3 is 6.01 Å². The fraction of sp³-hybridized carbons (Fsp3) is 0.769. The molecule has 1 saturated heterocycles. The lowest BCUT2D eigenvalue weighted by atomic mass is 10.3. The first-order valence-corrected chi connectivity index (χ1v) is 7.20. The molecule has 1 aromatic rings. The number of aromatic nitrogens is 3. The second-order valence-electron chi connectivity index (χ2n) is 5.08. The van der Waals surface area contributed by atoms with Gasteiger partial charge in [0.05, 0.1) is 6.10 Å². The zero-order valence-corrected chi connectivity index (χ0v) is 12.8. The highest BCUT2D eigenvalue weighted by atomic mass is 16.5. The highest BCUT2D eigenvalue weighted by Crippen LogP contribution is 2.17. The Morgan fingerprint density at radius 2 is 1.85 bits per heavy atom. The minimum Gasteiger partial charge on any atom is -0.461 e. The van der Waals surface area contributed by atoms with Crippen LogP contribution in [-0.2, 0) is 0 Å². The van der Waals surface area contributed by atoms with Crippen LogP contribution in [0.25, 0.3) is 0 Å². The van der Waals surface area contributed by atoms with Crippen LogP contribution in [0.2, 0.25) is 0 Å². The SMILES string of the molecule is CCN1CCN(c2nc(NC)nc(OC(C)C)n2)CC1. The number of piperazine rings is 1. The summed E-state index contributed by atoms with van der Waals surface area (Å²) in [6.45, 7) is 11.1. The molecule has 7 heteroatoms. The van der Waals surface area contributed by atoms with E-state index in [2.05, 4.69) is 37.0 Å². The van der Waals surface area contributed by atoms with Gasteiger partial charge in [-0.1, -0.05) is 6.92 Å². The van der Waals surface area contributed by atoms with Gasteiger partial charge in [0.1, 0.15) is 0 Å². The molecular weight excluding hydrogens is 256 g/mol. The second kappa shape index (κ2) is 6.69. The summed E-state index contributed by atoms with van der Waals surface area (Å²) in [7, 11) is 1.80. The Bertz CT molecular complexity index is 431. The molecule has 1 N–H and O–H groups in total. The molecule has 20 heavy (non-hydrogen) atoms. The van der Waals surface area contributed by atoms with Crippen molar-refractivity contribution in [2.45, 2.75) is 26.9 Å². The lowest BCUT2D eigenvalue weighted by Gasteiger charge is -2.34. The van der Waals surface area contributed by atoms with Crippen molar-refractivity contribution in [3.05, 3.63) is 0 Å². The number of hydrogen-bond donors (Lipinski definition) is 1. The summed E-state index contributed by atoms with van der Waals surface area (Å²) < 4.78 is 5.59. The van der Waals surface area contributed by atoms with Crippen LogP contribution in [0.3, 0.4) is 0 Å². The Morgan fingerprint density at radius 3 is 2.40 bits per heavy atom. The van der Waals surface area contributed by atoms with Gasteiger partial charge in [0.15, 0.2) is 0 Å². The molecule has 0 radical (unpaired) electrons. The molecule has 7 nitrogen and oxygen atoms in total. The van der Waals surface area contributed by atoms with Crippen molar-refractivity contribution in [1.29, 1.82) is 0 Å². The highest BCUT2D eigenvalue weighted by molar-refractivity contribution is 5.38. The van der Waals surface area contributed by atoms with Crippen molar-refractivity contribution >= 4 is 11.9 Å². The molecule has 0 bridgehead atoms. The molecule has 1 aliphatic rings. The quantitative estimate of drug-likeness (QED) is 0.857. The van der Waals surface area contributed by atoms with Crippen molar-refractivity contribution in [2.75, 3.05) is 50.0 Å². The number of nitrogens with zero attached hydrogens (tertiary/aromatic N) is 5. The number of likely N-dealkylation sites (N-methyl/N-ethyl adjacent to an activating group) is 1. The van der Waals surface area contributed by atoms with Gasteiger partial charge in [-0.2, -0.15) is 15.0 Å². The van der Waals surface area contributed by atoms with Gasteiger partial charge in [0, 0.05) is 33.2 Å². The number of ether oxygens (including phenoxy) is 1. The third kappa shape index (κ3) is 3.69. The topological polar surface area (TPSA) is 66.4 Å². The lowest BCUT2D eigenvalue weighted by Crippen LogP contribution is -2.46. The molecule has 0 atom stereocenters. The molecule has 1 aromatic heterocycles. The maximum absolute atomic E-state index is 5.59. The van der Waals surface area contributed by atoms with E-state index < -0.39 is 0 Å². The molecule has 0 amide bonds. The zero-order chi connectivity index (χ0) is 14.5. The third-order valence-corrected chi connectivity index (χ3v) is 3.27. The number of hydrogen-bond acceptors (Lipinski definition) is 7. The van der Waals surface area contributed by atoms with E-state index in [0.717, 1.165) is 32.7 Å². The van der Waals surface area contributed by atoms with Crippen LogP contribution in [0.4, 0.5) is 11.9 Å². The summed E-state index contributed by atoms with van der Waals surface area (Å²) in [6.07, 6.45) is 0.0481. The third-order valence-electron chi connectivity index (χ3n) is 3.27. The predicted octanol–water partition coefficient (Wildman–Crippen LogP) is 0.842. The summed E-state index contributed by atoms with van der Waals surface area (Å²) >= 11 is 0. The van der Waals surface area contributed by atoms with Gasteiger partial charge in [-0.25, -0.2) is 0 Å². The summed E-state index contributed by atoms with van der Waals surface area (Å²) in [5, 5.41) is 2.96. The molecule has 0 unspecified atom stereocenters. The molecule has 0 spiro atoms. The van der Waals surface area contributed by atoms with Crippen LogP contribution in [0, 0.1) is 0 Å². The number of anilines is 2. The van der Waals surface area contributed by atoms with Gasteiger partial charge in [0.2, 0.25) is 11.9 Å². The molecule has 2 rings (SSSR count). The van der Waals surface area contributed by atoms with E-state index in [-0.39, 0.29) is 6.10 Å². The van der Waals surface area contributed by atoms with E-state index in [1.165, 1.54) is 0 Å². The largest absolute Gasteiger partial charge is 0.461 e. The molecule has 0 saturated carbocycles. The van der Waals surface area contributed by atoms with E-state index in [1.54, 1.807) is 7.05 Å². The fourth-order valence-electron chi connectivity index (χ4n) is 2.13. The fourth-order valence-corrected chi connectivity index (χ4v) is 2.13. The summed E-state index contributed by atoms with van der Waals surface area (Å²) in [6, 6.07) is 0.382.